The zero-order valence-corrected chi connectivity index (χ0v) is 20.1. The molecular formula is C24H23F4N5O2S. The predicted molar refractivity (Wildman–Crippen MR) is 129 cm³/mol. The minimum atomic E-state index is -4.64. The van der Waals surface area contributed by atoms with Crippen LogP contribution in [0.3, 0.4) is 0 Å². The molecule has 1 aliphatic rings. The van der Waals surface area contributed by atoms with Crippen molar-refractivity contribution in [1.29, 1.82) is 0 Å². The largest absolute Gasteiger partial charge is 0.469 e. The van der Waals surface area contributed by atoms with Gasteiger partial charge in [0.1, 0.15) is 11.6 Å². The second-order valence-electron chi connectivity index (χ2n) is 7.97. The highest BCUT2D eigenvalue weighted by molar-refractivity contribution is 7.97. The molecule has 1 aliphatic heterocycles. The van der Waals surface area contributed by atoms with E-state index in [0.717, 1.165) is 16.5 Å². The maximum absolute atomic E-state index is 13.5. The van der Waals surface area contributed by atoms with Gasteiger partial charge in [0.15, 0.2) is 5.69 Å². The zero-order valence-electron chi connectivity index (χ0n) is 19.3. The van der Waals surface area contributed by atoms with Gasteiger partial charge in [-0.3, -0.25) is 4.79 Å². The molecular weight excluding hydrogens is 498 g/mol. The van der Waals surface area contributed by atoms with Crippen molar-refractivity contribution in [3.63, 3.8) is 0 Å². The van der Waals surface area contributed by atoms with Gasteiger partial charge in [-0.1, -0.05) is 12.1 Å². The number of alkyl halides is 3. The van der Waals surface area contributed by atoms with E-state index in [1.807, 2.05) is 24.3 Å². The molecule has 1 fully saturated rings. The lowest BCUT2D eigenvalue weighted by Crippen LogP contribution is -2.44. The number of halogens is 4. The van der Waals surface area contributed by atoms with Crippen molar-refractivity contribution < 1.29 is 27.1 Å². The Morgan fingerprint density at radius 2 is 1.69 bits per heavy atom. The summed E-state index contributed by atoms with van der Waals surface area (Å²) in [4.78, 5) is 22.1. The summed E-state index contributed by atoms with van der Waals surface area (Å²) in [5.41, 5.74) is 0.205. The van der Waals surface area contributed by atoms with E-state index in [9.17, 15) is 22.4 Å². The van der Waals surface area contributed by atoms with Gasteiger partial charge in [-0.25, -0.2) is 13.7 Å². The summed E-state index contributed by atoms with van der Waals surface area (Å²) in [7, 11) is 1.35. The molecule has 1 aromatic heterocycles. The quantitative estimate of drug-likeness (QED) is 0.267. The zero-order chi connectivity index (χ0) is 25.7. The van der Waals surface area contributed by atoms with Crippen molar-refractivity contribution in [3.05, 3.63) is 71.7 Å². The third kappa shape index (κ3) is 6.85. The second-order valence-corrected chi connectivity index (χ2v) is 9.14. The van der Waals surface area contributed by atoms with Gasteiger partial charge in [0.25, 0.3) is 0 Å². The third-order valence-electron chi connectivity index (χ3n) is 5.38. The number of benzene rings is 2. The molecule has 0 saturated carbocycles. The van der Waals surface area contributed by atoms with Gasteiger partial charge in [0.2, 0.25) is 5.95 Å². The number of ether oxygens (including phenoxy) is 1. The van der Waals surface area contributed by atoms with Crippen molar-refractivity contribution in [3.8, 4) is 0 Å². The summed E-state index contributed by atoms with van der Waals surface area (Å²) in [6, 6.07) is 13.6. The lowest BCUT2D eigenvalue weighted by atomic mass is 10.2. The van der Waals surface area contributed by atoms with Crippen LogP contribution in [-0.4, -0.2) is 53.5 Å². The molecule has 1 saturated heterocycles. The fraction of sp³-hybridized carbons (Fsp3) is 0.292. The number of rotatable bonds is 7. The number of hydrogen-bond donors (Lipinski definition) is 1. The Balaban J connectivity index is 1.41. The van der Waals surface area contributed by atoms with E-state index in [4.69, 9.17) is 0 Å². The van der Waals surface area contributed by atoms with Crippen LogP contribution >= 0.6 is 11.9 Å². The number of esters is 1. The molecule has 0 unspecified atom stereocenters. The van der Waals surface area contributed by atoms with Gasteiger partial charge in [-0.15, -0.1) is 0 Å². The Hall–Kier alpha value is -3.38. The van der Waals surface area contributed by atoms with E-state index in [1.54, 1.807) is 4.90 Å². The number of carbonyl (C=O) groups is 1. The van der Waals surface area contributed by atoms with E-state index >= 15 is 0 Å². The molecule has 7 nitrogen and oxygen atoms in total. The van der Waals surface area contributed by atoms with Gasteiger partial charge < -0.3 is 15.0 Å². The van der Waals surface area contributed by atoms with Crippen LogP contribution < -0.4 is 10.2 Å². The van der Waals surface area contributed by atoms with Crippen LogP contribution in [0.15, 0.2) is 59.5 Å². The number of aromatic nitrogens is 2. The van der Waals surface area contributed by atoms with Crippen LogP contribution in [0.5, 0.6) is 0 Å². The number of piperazine rings is 1. The molecule has 0 aliphatic carbocycles. The SMILES string of the molecule is COC(=O)Cc1ccc(SN2CCN(c3nc(Nc4ccc(F)cc4)cc(C(F)(F)F)n3)CC2)cc1. The standard InChI is InChI=1S/C24H23F4N5O2S/c1-35-22(34)14-16-2-8-19(9-3-16)36-33-12-10-32(11-13-33)23-30-20(24(26,27)28)15-21(31-23)29-18-6-4-17(25)5-7-18/h2-9,15H,10-14H2,1H3,(H,29,30,31). The van der Waals surface area contributed by atoms with Crippen molar-refractivity contribution in [2.24, 2.45) is 0 Å². The van der Waals surface area contributed by atoms with E-state index in [-0.39, 0.29) is 24.2 Å². The smallest absolute Gasteiger partial charge is 0.433 e. The van der Waals surface area contributed by atoms with Crippen molar-refractivity contribution in [2.75, 3.05) is 43.5 Å². The lowest BCUT2D eigenvalue weighted by Gasteiger charge is -2.34. The van der Waals surface area contributed by atoms with Crippen molar-refractivity contribution >= 4 is 35.4 Å². The number of hydrogen-bond acceptors (Lipinski definition) is 8. The number of nitrogens with zero attached hydrogens (tertiary/aromatic N) is 4. The molecule has 0 bridgehead atoms. The Bertz CT molecular complexity index is 1180. The Morgan fingerprint density at radius 1 is 1.03 bits per heavy atom. The highest BCUT2D eigenvalue weighted by atomic mass is 32.2. The van der Waals surface area contributed by atoms with E-state index < -0.39 is 17.7 Å². The monoisotopic (exact) mass is 521 g/mol. The fourth-order valence-electron chi connectivity index (χ4n) is 3.50. The van der Waals surface area contributed by atoms with Crippen LogP contribution in [0.1, 0.15) is 11.3 Å². The van der Waals surface area contributed by atoms with Gasteiger partial charge in [-0.05, 0) is 53.9 Å². The normalized spacial score (nSPS) is 14.5. The second kappa shape index (κ2) is 11.1. The van der Waals surface area contributed by atoms with Crippen LogP contribution in [-0.2, 0) is 22.1 Å². The molecule has 0 radical (unpaired) electrons. The molecule has 190 valence electrons. The molecule has 0 atom stereocenters. The van der Waals surface area contributed by atoms with Gasteiger partial charge in [-0.2, -0.15) is 18.2 Å². The first-order valence-corrected chi connectivity index (χ1v) is 11.8. The van der Waals surface area contributed by atoms with Crippen LogP contribution in [0.4, 0.5) is 35.0 Å². The highest BCUT2D eigenvalue weighted by Crippen LogP contribution is 2.32. The predicted octanol–water partition coefficient (Wildman–Crippen LogP) is 4.92. The molecule has 4 rings (SSSR count). The first kappa shape index (κ1) is 25.7. The summed E-state index contributed by atoms with van der Waals surface area (Å²) in [5.74, 6) is -0.804. The molecule has 0 spiro atoms. The summed E-state index contributed by atoms with van der Waals surface area (Å²) >= 11 is 1.54. The topological polar surface area (TPSA) is 70.6 Å². The highest BCUT2D eigenvalue weighted by Gasteiger charge is 2.34. The number of methoxy groups -OCH3 is 1. The first-order valence-electron chi connectivity index (χ1n) is 11.0. The average Bonchev–Trinajstić information content (AvgIpc) is 2.86. The van der Waals surface area contributed by atoms with Gasteiger partial charge in [0, 0.05) is 42.8 Å². The molecule has 3 aromatic rings. The Labute approximate surface area is 209 Å². The van der Waals surface area contributed by atoms with Crippen LogP contribution in [0.2, 0.25) is 0 Å². The van der Waals surface area contributed by atoms with Crippen LogP contribution in [0.25, 0.3) is 0 Å². The average molecular weight is 522 g/mol. The van der Waals surface area contributed by atoms with Gasteiger partial charge in [0.05, 0.1) is 13.5 Å². The molecule has 12 heteroatoms. The lowest BCUT2D eigenvalue weighted by molar-refractivity contribution is -0.141. The Morgan fingerprint density at radius 3 is 2.31 bits per heavy atom. The van der Waals surface area contributed by atoms with E-state index in [2.05, 4.69) is 24.3 Å². The Kier molecular flexibility index (Phi) is 7.94. The van der Waals surface area contributed by atoms with E-state index in [0.29, 0.717) is 31.9 Å². The number of carbonyl (C=O) groups excluding carboxylic acids is 1. The van der Waals surface area contributed by atoms with E-state index in [1.165, 1.54) is 43.3 Å². The third-order valence-corrected chi connectivity index (χ3v) is 6.48. The molecule has 2 heterocycles. The summed E-state index contributed by atoms with van der Waals surface area (Å²) in [6.45, 7) is 2.03. The van der Waals surface area contributed by atoms with Gasteiger partial charge >= 0.3 is 12.1 Å². The van der Waals surface area contributed by atoms with Crippen LogP contribution in [0, 0.1) is 5.82 Å². The maximum atomic E-state index is 13.5. The molecule has 0 amide bonds. The molecule has 1 N–H and O–H groups in total. The van der Waals surface area contributed by atoms with Crippen molar-refractivity contribution in [2.45, 2.75) is 17.5 Å². The number of anilines is 3. The van der Waals surface area contributed by atoms with Crippen molar-refractivity contribution in [1.82, 2.24) is 14.3 Å². The number of nitrogens with one attached hydrogen (secondary N) is 1. The maximum Gasteiger partial charge on any atom is 0.433 e. The molecule has 36 heavy (non-hydrogen) atoms. The minimum absolute atomic E-state index is 0.0220. The minimum Gasteiger partial charge on any atom is -0.469 e. The molecule has 2 aromatic carbocycles. The summed E-state index contributed by atoms with van der Waals surface area (Å²) in [6.07, 6.45) is -4.44. The summed E-state index contributed by atoms with van der Waals surface area (Å²) in [5, 5.41) is 2.80. The first-order chi connectivity index (χ1) is 17.2. The fourth-order valence-corrected chi connectivity index (χ4v) is 4.40. The summed E-state index contributed by atoms with van der Waals surface area (Å²) < 4.78 is 60.5.